The molecule has 0 aliphatic carbocycles. The molecule has 0 atom stereocenters. The molecule has 0 unspecified atom stereocenters. The molecular formula is C24H28N2OS2. The predicted octanol–water partition coefficient (Wildman–Crippen LogP) is 6.15. The number of carbonyl (C=O) groups is 1. The summed E-state index contributed by atoms with van der Waals surface area (Å²) in [6.45, 7) is 8.89. The van der Waals surface area contributed by atoms with Crippen LogP contribution in [0.3, 0.4) is 0 Å². The lowest BCUT2D eigenvalue weighted by Gasteiger charge is -2.05. The van der Waals surface area contributed by atoms with Gasteiger partial charge in [0.15, 0.2) is 4.80 Å². The van der Waals surface area contributed by atoms with E-state index < -0.39 is 0 Å². The number of rotatable bonds is 9. The zero-order chi connectivity index (χ0) is 20.6. The second kappa shape index (κ2) is 10.6. The summed E-state index contributed by atoms with van der Waals surface area (Å²) < 4.78 is 3.25. The summed E-state index contributed by atoms with van der Waals surface area (Å²) in [6.07, 6.45) is 3.19. The van der Waals surface area contributed by atoms with Crippen molar-refractivity contribution < 1.29 is 4.79 Å². The molecule has 3 aromatic rings. The first-order valence-electron chi connectivity index (χ1n) is 10.0. The average Bonchev–Trinajstić information content (AvgIpc) is 3.05. The van der Waals surface area contributed by atoms with Gasteiger partial charge in [-0.05, 0) is 41.4 Å². The quantitative estimate of drug-likeness (QED) is 0.305. The predicted molar refractivity (Wildman–Crippen MR) is 127 cm³/mol. The highest BCUT2D eigenvalue weighted by atomic mass is 32.2. The Morgan fingerprint density at radius 3 is 2.76 bits per heavy atom. The maximum atomic E-state index is 12.4. The molecule has 0 spiro atoms. The molecule has 3 rings (SSSR count). The van der Waals surface area contributed by atoms with Crippen LogP contribution in [-0.2, 0) is 17.1 Å². The van der Waals surface area contributed by atoms with Gasteiger partial charge in [-0.1, -0.05) is 67.7 Å². The van der Waals surface area contributed by atoms with Gasteiger partial charge < -0.3 is 4.57 Å². The molecule has 0 N–H and O–H groups in total. The molecule has 0 radical (unpaired) electrons. The van der Waals surface area contributed by atoms with E-state index in [1.165, 1.54) is 15.8 Å². The molecule has 5 heteroatoms. The molecule has 152 valence electrons. The number of aromatic nitrogens is 1. The maximum absolute atomic E-state index is 12.4. The second-order valence-electron chi connectivity index (χ2n) is 7.31. The average molecular weight is 425 g/mol. The third-order valence-electron chi connectivity index (χ3n) is 4.70. The first kappa shape index (κ1) is 21.6. The molecule has 0 fully saturated rings. The van der Waals surface area contributed by atoms with Gasteiger partial charge in [-0.15, -0.1) is 6.58 Å². The van der Waals surface area contributed by atoms with Gasteiger partial charge in [0.25, 0.3) is 0 Å². The van der Waals surface area contributed by atoms with Crippen LogP contribution in [0.5, 0.6) is 0 Å². The summed E-state index contributed by atoms with van der Waals surface area (Å²) in [5, 5.41) is 0. The van der Waals surface area contributed by atoms with Crippen molar-refractivity contribution in [3.05, 3.63) is 77.1 Å². The summed E-state index contributed by atoms with van der Waals surface area (Å²) in [7, 11) is 0. The fraction of sp³-hybridized carbons (Fsp3) is 0.333. The topological polar surface area (TPSA) is 34.4 Å². The number of nitrogens with zero attached hydrogens (tertiary/aromatic N) is 2. The molecule has 2 aromatic carbocycles. The number of amides is 1. The van der Waals surface area contributed by atoms with E-state index in [4.69, 9.17) is 0 Å². The first-order chi connectivity index (χ1) is 14.1. The van der Waals surface area contributed by atoms with Crippen molar-refractivity contribution in [3.8, 4) is 0 Å². The molecule has 0 bridgehead atoms. The Morgan fingerprint density at radius 2 is 2.03 bits per heavy atom. The zero-order valence-corrected chi connectivity index (χ0v) is 18.8. The number of hydrogen-bond acceptors (Lipinski definition) is 3. The van der Waals surface area contributed by atoms with E-state index in [9.17, 15) is 4.79 Å². The fourth-order valence-corrected chi connectivity index (χ4v) is 5.12. The lowest BCUT2D eigenvalue weighted by Crippen LogP contribution is -2.16. The third-order valence-corrected chi connectivity index (χ3v) is 6.85. The van der Waals surface area contributed by atoms with Crippen LogP contribution in [0.2, 0.25) is 0 Å². The smallest absolute Gasteiger partial charge is 0.248 e. The molecule has 1 aromatic heterocycles. The first-order valence-corrected chi connectivity index (χ1v) is 12.0. The third kappa shape index (κ3) is 5.94. The van der Waals surface area contributed by atoms with Crippen molar-refractivity contribution in [2.45, 2.75) is 44.9 Å². The Balaban J connectivity index is 1.65. The highest BCUT2D eigenvalue weighted by Gasteiger charge is 2.09. The van der Waals surface area contributed by atoms with E-state index >= 15 is 0 Å². The van der Waals surface area contributed by atoms with Crippen LogP contribution in [0.4, 0.5) is 0 Å². The van der Waals surface area contributed by atoms with Crippen LogP contribution in [-0.4, -0.2) is 16.2 Å². The molecule has 0 saturated carbocycles. The summed E-state index contributed by atoms with van der Waals surface area (Å²) in [5.74, 6) is 2.39. The monoisotopic (exact) mass is 424 g/mol. The molecule has 0 aliphatic heterocycles. The van der Waals surface area contributed by atoms with Gasteiger partial charge >= 0.3 is 0 Å². The van der Waals surface area contributed by atoms with Gasteiger partial charge in [0.1, 0.15) is 0 Å². The van der Waals surface area contributed by atoms with Gasteiger partial charge in [0, 0.05) is 18.7 Å². The van der Waals surface area contributed by atoms with E-state index in [0.717, 1.165) is 28.2 Å². The zero-order valence-electron chi connectivity index (χ0n) is 17.1. The van der Waals surface area contributed by atoms with Crippen molar-refractivity contribution in [1.82, 2.24) is 4.57 Å². The normalized spacial score (nSPS) is 12.0. The van der Waals surface area contributed by atoms with Crippen LogP contribution in [0.15, 0.2) is 66.2 Å². The van der Waals surface area contributed by atoms with E-state index in [2.05, 4.69) is 72.5 Å². The van der Waals surface area contributed by atoms with Gasteiger partial charge in [-0.25, -0.2) is 0 Å². The summed E-state index contributed by atoms with van der Waals surface area (Å²) in [4.78, 5) is 17.6. The van der Waals surface area contributed by atoms with Gasteiger partial charge in [0.2, 0.25) is 5.91 Å². The minimum atomic E-state index is -0.0428. The minimum absolute atomic E-state index is 0.0428. The molecule has 1 amide bonds. The Kier molecular flexibility index (Phi) is 7.90. The van der Waals surface area contributed by atoms with Crippen LogP contribution < -0.4 is 4.80 Å². The number of thioether (sulfide) groups is 1. The van der Waals surface area contributed by atoms with E-state index in [0.29, 0.717) is 18.9 Å². The number of fused-ring (bicyclic) bond motifs is 1. The highest BCUT2D eigenvalue weighted by Crippen LogP contribution is 2.23. The largest absolute Gasteiger partial charge is 0.313 e. The van der Waals surface area contributed by atoms with Crippen LogP contribution in [0, 0.1) is 0 Å². The molecule has 3 nitrogen and oxygen atoms in total. The van der Waals surface area contributed by atoms with Crippen molar-refractivity contribution in [2.24, 2.45) is 4.99 Å². The minimum Gasteiger partial charge on any atom is -0.313 e. The van der Waals surface area contributed by atoms with Crippen molar-refractivity contribution >= 4 is 39.2 Å². The summed E-state index contributed by atoms with van der Waals surface area (Å²) in [5.41, 5.74) is 3.74. The van der Waals surface area contributed by atoms with Crippen LogP contribution in [0.1, 0.15) is 43.7 Å². The van der Waals surface area contributed by atoms with Crippen molar-refractivity contribution in [2.75, 3.05) is 5.75 Å². The van der Waals surface area contributed by atoms with Crippen LogP contribution in [0.25, 0.3) is 10.2 Å². The van der Waals surface area contributed by atoms with Crippen molar-refractivity contribution in [3.63, 3.8) is 0 Å². The molecular weight excluding hydrogens is 396 g/mol. The van der Waals surface area contributed by atoms with E-state index in [-0.39, 0.29) is 5.91 Å². The Morgan fingerprint density at radius 1 is 1.24 bits per heavy atom. The lowest BCUT2D eigenvalue weighted by atomic mass is 10.0. The van der Waals surface area contributed by atoms with Gasteiger partial charge in [-0.2, -0.15) is 16.8 Å². The summed E-state index contributed by atoms with van der Waals surface area (Å²) in [6, 6.07) is 16.9. The number of thiazole rings is 1. The SMILES string of the molecule is C=CCn1c(=NC(=O)CCCSCc2ccccc2)sc2cc(C(C)C)ccc21. The standard InChI is InChI=1S/C24H28N2OS2/c1-4-14-26-21-13-12-20(18(2)3)16-22(21)29-24(26)25-23(27)11-8-15-28-17-19-9-6-5-7-10-19/h4-7,9-10,12-13,16,18H,1,8,11,14-15,17H2,2-3H3. The highest BCUT2D eigenvalue weighted by molar-refractivity contribution is 7.98. The molecule has 1 heterocycles. The van der Waals surface area contributed by atoms with Crippen molar-refractivity contribution in [1.29, 1.82) is 0 Å². The fourth-order valence-electron chi connectivity index (χ4n) is 3.09. The van der Waals surface area contributed by atoms with Gasteiger partial charge in [-0.3, -0.25) is 4.79 Å². The Hall–Kier alpha value is -2.11. The van der Waals surface area contributed by atoms with E-state index in [1.807, 2.05) is 23.9 Å². The number of hydrogen-bond donors (Lipinski definition) is 0. The Bertz CT molecular complexity index is 1030. The molecule has 0 saturated heterocycles. The van der Waals surface area contributed by atoms with Crippen LogP contribution >= 0.6 is 23.1 Å². The lowest BCUT2D eigenvalue weighted by molar-refractivity contribution is -0.118. The second-order valence-corrected chi connectivity index (χ2v) is 9.43. The summed E-state index contributed by atoms with van der Waals surface area (Å²) >= 11 is 3.45. The Labute approximate surface area is 181 Å². The van der Waals surface area contributed by atoms with E-state index in [1.54, 1.807) is 11.3 Å². The van der Waals surface area contributed by atoms with Gasteiger partial charge in [0.05, 0.1) is 10.2 Å². The molecule has 29 heavy (non-hydrogen) atoms. The maximum Gasteiger partial charge on any atom is 0.248 e. The number of benzene rings is 2. The number of carbonyl (C=O) groups excluding carboxylic acids is 1. The molecule has 0 aliphatic rings. The number of allylic oxidation sites excluding steroid dienone is 1.